The molecule has 0 atom stereocenters. The van der Waals surface area contributed by atoms with E-state index in [9.17, 15) is 9.59 Å². The van der Waals surface area contributed by atoms with Gasteiger partial charge in [-0.05, 0) is 54.0 Å². The second kappa shape index (κ2) is 7.32. The van der Waals surface area contributed by atoms with E-state index in [1.807, 2.05) is 51.1 Å². The van der Waals surface area contributed by atoms with Gasteiger partial charge in [-0.15, -0.1) is 0 Å². The molecule has 0 saturated carbocycles. The first-order valence-electron chi connectivity index (χ1n) is 8.50. The molecular formula is C21H20N2O3S. The number of nitrogens with one attached hydrogen (secondary N) is 1. The van der Waals surface area contributed by atoms with E-state index in [-0.39, 0.29) is 16.1 Å². The highest BCUT2D eigenvalue weighted by Crippen LogP contribution is 2.27. The third-order valence-electron chi connectivity index (χ3n) is 3.75. The predicted molar refractivity (Wildman–Crippen MR) is 109 cm³/mol. The SMILES string of the molecule is CC(C)(C)C=C1C(=O)NC(=S)N(c2ccc(Oc3ccccc3)cc2)C1=O. The summed E-state index contributed by atoms with van der Waals surface area (Å²) in [6, 6.07) is 16.4. The standard InChI is InChI=1S/C21H20N2O3S/c1-21(2,3)13-17-18(24)22-20(27)23(19(17)25)14-9-11-16(12-10-14)26-15-7-5-4-6-8-15/h4-13H,1-3H3,(H,22,24,27). The predicted octanol–water partition coefficient (Wildman–Crippen LogP) is 4.20. The van der Waals surface area contributed by atoms with E-state index >= 15 is 0 Å². The molecule has 1 aliphatic heterocycles. The Morgan fingerprint density at radius 3 is 2.15 bits per heavy atom. The van der Waals surface area contributed by atoms with Crippen LogP contribution in [0, 0.1) is 5.41 Å². The molecular weight excluding hydrogens is 360 g/mol. The Kier molecular flexibility index (Phi) is 5.10. The van der Waals surface area contributed by atoms with Gasteiger partial charge in [0.05, 0.1) is 5.69 Å². The molecule has 1 heterocycles. The molecule has 0 aromatic heterocycles. The first-order valence-corrected chi connectivity index (χ1v) is 8.91. The van der Waals surface area contributed by atoms with E-state index in [2.05, 4.69) is 5.32 Å². The van der Waals surface area contributed by atoms with Crippen molar-refractivity contribution in [2.45, 2.75) is 20.8 Å². The molecule has 0 bridgehead atoms. The molecule has 2 amide bonds. The van der Waals surface area contributed by atoms with Crippen molar-refractivity contribution in [1.29, 1.82) is 0 Å². The summed E-state index contributed by atoms with van der Waals surface area (Å²) in [5, 5.41) is 2.65. The van der Waals surface area contributed by atoms with Crippen LogP contribution in [0.25, 0.3) is 0 Å². The van der Waals surface area contributed by atoms with E-state index < -0.39 is 11.8 Å². The smallest absolute Gasteiger partial charge is 0.269 e. The first-order chi connectivity index (χ1) is 12.7. The quantitative estimate of drug-likeness (QED) is 0.493. The minimum atomic E-state index is -0.472. The number of rotatable bonds is 3. The molecule has 0 aliphatic carbocycles. The third kappa shape index (κ3) is 4.41. The molecule has 1 aliphatic rings. The molecule has 1 saturated heterocycles. The first kappa shape index (κ1) is 18.8. The highest BCUT2D eigenvalue weighted by molar-refractivity contribution is 7.80. The summed E-state index contributed by atoms with van der Waals surface area (Å²) in [4.78, 5) is 26.4. The Morgan fingerprint density at radius 1 is 0.963 bits per heavy atom. The van der Waals surface area contributed by atoms with Crippen LogP contribution in [0.2, 0.25) is 0 Å². The Balaban J connectivity index is 1.86. The summed E-state index contributed by atoms with van der Waals surface area (Å²) in [6.45, 7) is 5.77. The average Bonchev–Trinajstić information content (AvgIpc) is 2.60. The van der Waals surface area contributed by atoms with Gasteiger partial charge in [0.2, 0.25) is 0 Å². The minimum Gasteiger partial charge on any atom is -0.457 e. The number of thiocarbonyl (C=S) groups is 1. The fraction of sp³-hybridized carbons (Fsp3) is 0.190. The van der Waals surface area contributed by atoms with Gasteiger partial charge in [-0.1, -0.05) is 45.0 Å². The summed E-state index contributed by atoms with van der Waals surface area (Å²) < 4.78 is 5.76. The fourth-order valence-electron chi connectivity index (χ4n) is 2.61. The summed E-state index contributed by atoms with van der Waals surface area (Å²) in [7, 11) is 0. The van der Waals surface area contributed by atoms with Crippen molar-refractivity contribution in [2.75, 3.05) is 4.90 Å². The molecule has 5 nitrogen and oxygen atoms in total. The second-order valence-electron chi connectivity index (χ2n) is 7.23. The average molecular weight is 380 g/mol. The van der Waals surface area contributed by atoms with Crippen molar-refractivity contribution >= 4 is 34.8 Å². The van der Waals surface area contributed by atoms with E-state index in [1.54, 1.807) is 30.3 Å². The van der Waals surface area contributed by atoms with Crippen molar-refractivity contribution in [1.82, 2.24) is 5.32 Å². The van der Waals surface area contributed by atoms with Gasteiger partial charge >= 0.3 is 0 Å². The van der Waals surface area contributed by atoms with E-state index in [1.165, 1.54) is 4.90 Å². The van der Waals surface area contributed by atoms with Gasteiger partial charge in [0.25, 0.3) is 11.8 Å². The maximum Gasteiger partial charge on any atom is 0.269 e. The van der Waals surface area contributed by atoms with Crippen LogP contribution in [-0.2, 0) is 9.59 Å². The van der Waals surface area contributed by atoms with Crippen LogP contribution in [0.3, 0.4) is 0 Å². The van der Waals surface area contributed by atoms with E-state index in [0.717, 1.165) is 5.75 Å². The minimum absolute atomic E-state index is 0.0628. The number of anilines is 1. The van der Waals surface area contributed by atoms with Crippen LogP contribution in [0.1, 0.15) is 20.8 Å². The molecule has 6 heteroatoms. The van der Waals surface area contributed by atoms with E-state index in [4.69, 9.17) is 17.0 Å². The molecule has 1 N–H and O–H groups in total. The number of ether oxygens (including phenoxy) is 1. The lowest BCUT2D eigenvalue weighted by atomic mass is 9.92. The zero-order valence-electron chi connectivity index (χ0n) is 15.4. The largest absolute Gasteiger partial charge is 0.457 e. The highest BCUT2D eigenvalue weighted by Gasteiger charge is 2.35. The van der Waals surface area contributed by atoms with Crippen molar-refractivity contribution in [3.8, 4) is 11.5 Å². The van der Waals surface area contributed by atoms with Gasteiger partial charge in [-0.3, -0.25) is 19.8 Å². The number of para-hydroxylation sites is 1. The van der Waals surface area contributed by atoms with Crippen LogP contribution in [0.4, 0.5) is 5.69 Å². The van der Waals surface area contributed by atoms with Gasteiger partial charge in [-0.2, -0.15) is 0 Å². The number of carbonyl (C=O) groups excluding carboxylic acids is 2. The number of hydrogen-bond donors (Lipinski definition) is 1. The molecule has 0 unspecified atom stereocenters. The monoisotopic (exact) mass is 380 g/mol. The fourth-order valence-corrected chi connectivity index (χ4v) is 2.89. The van der Waals surface area contributed by atoms with Gasteiger partial charge in [0.15, 0.2) is 5.11 Å². The van der Waals surface area contributed by atoms with E-state index in [0.29, 0.717) is 11.4 Å². The molecule has 27 heavy (non-hydrogen) atoms. The molecule has 3 rings (SSSR count). The second-order valence-corrected chi connectivity index (χ2v) is 7.62. The van der Waals surface area contributed by atoms with Crippen LogP contribution in [0.5, 0.6) is 11.5 Å². The number of allylic oxidation sites excluding steroid dienone is 1. The number of nitrogens with zero attached hydrogens (tertiary/aromatic N) is 1. The Labute approximate surface area is 163 Å². The summed E-state index contributed by atoms with van der Waals surface area (Å²) in [5.41, 5.74) is 0.325. The van der Waals surface area contributed by atoms with Crippen LogP contribution in [0.15, 0.2) is 66.2 Å². The van der Waals surface area contributed by atoms with Crippen LogP contribution >= 0.6 is 12.2 Å². The van der Waals surface area contributed by atoms with Crippen molar-refractivity contribution < 1.29 is 14.3 Å². The Bertz CT molecular complexity index is 913. The molecule has 2 aromatic carbocycles. The zero-order chi connectivity index (χ0) is 19.6. The normalized spacial score (nSPS) is 16.5. The molecule has 2 aromatic rings. The molecule has 1 fully saturated rings. The summed E-state index contributed by atoms with van der Waals surface area (Å²) in [6.07, 6.45) is 1.66. The van der Waals surface area contributed by atoms with Gasteiger partial charge in [0, 0.05) is 0 Å². The maximum atomic E-state index is 12.9. The molecule has 0 radical (unpaired) electrons. The maximum absolute atomic E-state index is 12.9. The third-order valence-corrected chi connectivity index (χ3v) is 4.04. The lowest BCUT2D eigenvalue weighted by Crippen LogP contribution is -2.54. The topological polar surface area (TPSA) is 58.6 Å². The lowest BCUT2D eigenvalue weighted by Gasteiger charge is -2.30. The Morgan fingerprint density at radius 2 is 1.56 bits per heavy atom. The van der Waals surface area contributed by atoms with Gasteiger partial charge in [-0.25, -0.2) is 0 Å². The van der Waals surface area contributed by atoms with Crippen LogP contribution in [-0.4, -0.2) is 16.9 Å². The number of hydrogen-bond acceptors (Lipinski definition) is 4. The van der Waals surface area contributed by atoms with Crippen molar-refractivity contribution in [3.63, 3.8) is 0 Å². The lowest BCUT2D eigenvalue weighted by molar-refractivity contribution is -0.122. The van der Waals surface area contributed by atoms with Gasteiger partial charge in [0.1, 0.15) is 17.1 Å². The number of amides is 2. The summed E-state index contributed by atoms with van der Waals surface area (Å²) in [5.74, 6) is 0.447. The number of benzene rings is 2. The summed E-state index contributed by atoms with van der Waals surface area (Å²) >= 11 is 5.21. The molecule has 138 valence electrons. The van der Waals surface area contributed by atoms with Crippen LogP contribution < -0.4 is 15.0 Å². The van der Waals surface area contributed by atoms with Crippen molar-refractivity contribution in [2.24, 2.45) is 5.41 Å². The zero-order valence-corrected chi connectivity index (χ0v) is 16.2. The highest BCUT2D eigenvalue weighted by atomic mass is 32.1. The number of carbonyl (C=O) groups is 2. The van der Waals surface area contributed by atoms with Crippen molar-refractivity contribution in [3.05, 3.63) is 66.2 Å². The molecule has 0 spiro atoms. The van der Waals surface area contributed by atoms with Gasteiger partial charge < -0.3 is 4.74 Å². The Hall–Kier alpha value is -2.99.